The third kappa shape index (κ3) is 8.08. The average molecular weight is 931 g/mol. The predicted molar refractivity (Wildman–Crippen MR) is 239 cm³/mol. The van der Waals surface area contributed by atoms with E-state index in [4.69, 9.17) is 36.3 Å². The number of Topliss-reactive ketones (excluding diaryl/α,β-unsaturated/α-hetero) is 1. The van der Waals surface area contributed by atoms with Gasteiger partial charge in [-0.1, -0.05) is 12.8 Å². The maximum Gasteiger partial charge on any atom is 0.415 e. The second kappa shape index (κ2) is 18.0. The van der Waals surface area contributed by atoms with E-state index in [9.17, 15) is 23.6 Å². The molecule has 18 heteroatoms. The van der Waals surface area contributed by atoms with Gasteiger partial charge >= 0.3 is 12.2 Å². The molecule has 8 atom stereocenters. The highest BCUT2D eigenvalue weighted by Crippen LogP contribution is 2.48. The highest BCUT2D eigenvalue weighted by Gasteiger charge is 2.49. The number of fused-ring (bicyclic) bond motifs is 10. The lowest BCUT2D eigenvalue weighted by Crippen LogP contribution is -2.47. The maximum atomic E-state index is 15.3. The number of halogens is 3. The van der Waals surface area contributed by atoms with Crippen LogP contribution >= 0.6 is 35.1 Å². The molecular formula is C45H54ClF2N5O8S2. The summed E-state index contributed by atoms with van der Waals surface area (Å²) in [5.41, 5.74) is 7.72. The summed E-state index contributed by atoms with van der Waals surface area (Å²) in [5.74, 6) is 5.23. The molecule has 8 heterocycles. The average Bonchev–Trinajstić information content (AvgIpc) is 3.89. The molecule has 2 amide bonds. The number of cyclic esters (lactones) is 2. The van der Waals surface area contributed by atoms with Crippen molar-refractivity contribution in [3.05, 3.63) is 35.9 Å². The van der Waals surface area contributed by atoms with Crippen molar-refractivity contribution >= 4 is 81.1 Å². The maximum absolute atomic E-state index is 15.3. The summed E-state index contributed by atoms with van der Waals surface area (Å²) in [4.78, 5) is 54.8. The summed E-state index contributed by atoms with van der Waals surface area (Å²) in [5, 5.41) is -0.147. The van der Waals surface area contributed by atoms with Crippen molar-refractivity contribution in [2.75, 3.05) is 62.4 Å². The zero-order valence-corrected chi connectivity index (χ0v) is 37.5. The molecule has 4 bridgehead atoms. The molecule has 0 radical (unpaired) electrons. The Morgan fingerprint density at radius 2 is 1.10 bits per heavy atom. The molecular weight excluding hydrogens is 876 g/mol. The third-order valence-electron chi connectivity index (χ3n) is 14.7. The molecule has 12 rings (SSSR count). The minimum atomic E-state index is -0.480. The zero-order chi connectivity index (χ0) is 43.5. The van der Waals surface area contributed by atoms with E-state index in [1.165, 1.54) is 28.4 Å². The number of ether oxygens (including phenoxy) is 4. The molecule has 4 unspecified atom stereocenters. The highest BCUT2D eigenvalue weighted by atomic mass is 35.5. The largest absolute Gasteiger partial charge is 0.489 e. The Morgan fingerprint density at radius 3 is 1.49 bits per heavy atom. The molecule has 340 valence electrons. The molecule has 63 heavy (non-hydrogen) atoms. The molecule has 13 nitrogen and oxygen atoms in total. The summed E-state index contributed by atoms with van der Waals surface area (Å²) >= 11 is 9.03. The predicted octanol–water partition coefficient (Wildman–Crippen LogP) is 7.65. The van der Waals surface area contributed by atoms with E-state index in [0.29, 0.717) is 84.5 Å². The van der Waals surface area contributed by atoms with Gasteiger partial charge in [-0.15, -0.1) is 0 Å². The molecule has 0 spiro atoms. The monoisotopic (exact) mass is 929 g/mol. The van der Waals surface area contributed by atoms with Crippen molar-refractivity contribution in [1.29, 1.82) is 0 Å². The fraction of sp³-hybridized carbons (Fsp3) is 0.644. The topological polar surface area (TPSA) is 144 Å². The summed E-state index contributed by atoms with van der Waals surface area (Å²) in [6.45, 7) is 0.837. The number of nitrogens with zero attached hydrogens (tertiary/aromatic N) is 4. The van der Waals surface area contributed by atoms with Crippen molar-refractivity contribution < 1.29 is 46.9 Å². The molecule has 2 aromatic carbocycles. The number of hydrogen-bond acceptors (Lipinski definition) is 13. The van der Waals surface area contributed by atoms with E-state index in [0.717, 1.165) is 80.8 Å². The molecule has 0 aromatic heterocycles. The van der Waals surface area contributed by atoms with E-state index in [1.807, 2.05) is 23.5 Å². The van der Waals surface area contributed by atoms with E-state index < -0.39 is 24.4 Å². The normalized spacial score (nSPS) is 31.0. The number of nitrogens with two attached hydrogens (primary N) is 1. The number of carbonyl (C=O) groups excluding carboxylic acids is 4. The zero-order valence-electron chi connectivity index (χ0n) is 35.1. The van der Waals surface area contributed by atoms with Gasteiger partial charge in [0.2, 0.25) is 5.24 Å². The number of benzene rings is 2. The number of ketones is 1. The van der Waals surface area contributed by atoms with Crippen LogP contribution in [0.2, 0.25) is 0 Å². The van der Waals surface area contributed by atoms with Crippen LogP contribution in [-0.2, 0) is 19.1 Å². The van der Waals surface area contributed by atoms with Gasteiger partial charge in [0.1, 0.15) is 66.4 Å². The second-order valence-corrected chi connectivity index (χ2v) is 20.9. The smallest absolute Gasteiger partial charge is 0.415 e. The number of hydrogen-bond donors (Lipinski definition) is 1. The first-order chi connectivity index (χ1) is 30.6. The van der Waals surface area contributed by atoms with Gasteiger partial charge in [0.15, 0.2) is 0 Å². The van der Waals surface area contributed by atoms with Crippen LogP contribution in [0.4, 0.5) is 41.1 Å². The number of thioether (sulfide) groups is 2. The van der Waals surface area contributed by atoms with Crippen LogP contribution in [-0.4, -0.2) is 114 Å². The van der Waals surface area contributed by atoms with Gasteiger partial charge in [-0.05, 0) is 69.4 Å². The van der Waals surface area contributed by atoms with Crippen molar-refractivity contribution in [2.24, 2.45) is 17.6 Å². The lowest BCUT2D eigenvalue weighted by molar-refractivity contribution is -0.125. The first kappa shape index (κ1) is 43.2. The summed E-state index contributed by atoms with van der Waals surface area (Å²) < 4.78 is 53.0. The number of amides is 2. The van der Waals surface area contributed by atoms with Crippen molar-refractivity contribution in [1.82, 2.24) is 0 Å². The summed E-state index contributed by atoms with van der Waals surface area (Å²) in [7, 11) is 0. The lowest BCUT2D eigenvalue weighted by atomic mass is 9.80. The molecule has 2 aliphatic carbocycles. The van der Waals surface area contributed by atoms with Gasteiger partial charge in [-0.25, -0.2) is 18.4 Å². The van der Waals surface area contributed by atoms with Crippen LogP contribution in [0.15, 0.2) is 24.3 Å². The van der Waals surface area contributed by atoms with E-state index in [1.54, 1.807) is 12.1 Å². The Balaban J connectivity index is 0.000000132. The van der Waals surface area contributed by atoms with Gasteiger partial charge in [-0.2, -0.15) is 23.5 Å². The standard InChI is InChI=1S/C23H27FN2O4S.C17H20FN3O3S.C5H7ClO/c24-16-8-18-22(9-17(16)25-14-4-5-15(25)12-31-11-14)29-10-19-21(30-23(28)26(18)19)7-6-20(27)13-2-1-3-13;18-11-3-13-15(23-6-14-16(5-19)24-17(22)21(13)14)4-12(11)20-9-1-2-10(20)8-25-7-9;6-5(7)4-2-1-3-4/h8-9,13-15,19,21H,1-7,10-12H2;3-4,9-10,14,16H,1-2,5-8,19H2;4H,1-3H2/t14?,15?,19-,21-;9?,10?,14-,16-;/m00./s1. The summed E-state index contributed by atoms with van der Waals surface area (Å²) in [6, 6.07) is 7.24. The molecule has 6 saturated heterocycles. The molecule has 2 saturated carbocycles. The van der Waals surface area contributed by atoms with E-state index in [-0.39, 0.29) is 53.1 Å². The molecule has 2 N–H and O–H groups in total. The first-order valence-corrected chi connectivity index (χ1v) is 25.3. The minimum Gasteiger partial charge on any atom is -0.489 e. The van der Waals surface area contributed by atoms with Crippen LogP contribution < -0.4 is 34.8 Å². The molecule has 8 aliphatic heterocycles. The highest BCUT2D eigenvalue weighted by molar-refractivity contribution is 7.99. The van der Waals surface area contributed by atoms with Crippen molar-refractivity contribution in [3.63, 3.8) is 0 Å². The quantitative estimate of drug-likeness (QED) is 0.259. The van der Waals surface area contributed by atoms with E-state index in [2.05, 4.69) is 9.80 Å². The fourth-order valence-electron chi connectivity index (χ4n) is 10.8. The van der Waals surface area contributed by atoms with Crippen LogP contribution in [0.3, 0.4) is 0 Å². The van der Waals surface area contributed by atoms with Gasteiger partial charge in [0.05, 0.1) is 22.7 Å². The SMILES string of the molecule is NC[C@@H]1OC(=O)N2c3cc(F)c(N4C5CCC4CSC5)cc3OC[C@@H]12.O=C(CC[C@@H]1OC(=O)N2c3cc(F)c(N4C5CCC4CSC5)cc3OC[C@@H]12)C1CCC1.O=C(Cl)C1CCC1. The van der Waals surface area contributed by atoms with Crippen molar-refractivity contribution in [3.8, 4) is 11.5 Å². The minimum absolute atomic E-state index is 0.147. The van der Waals surface area contributed by atoms with Gasteiger partial charge < -0.3 is 34.5 Å². The summed E-state index contributed by atoms with van der Waals surface area (Å²) in [6.07, 6.45) is 9.84. The molecule has 2 aromatic rings. The number of anilines is 4. The van der Waals surface area contributed by atoms with Gasteiger partial charge in [-0.3, -0.25) is 19.4 Å². The van der Waals surface area contributed by atoms with E-state index >= 15 is 4.39 Å². The van der Waals surface area contributed by atoms with Crippen LogP contribution in [0.1, 0.15) is 77.0 Å². The van der Waals surface area contributed by atoms with Crippen LogP contribution in [0, 0.1) is 23.5 Å². The Labute approximate surface area is 379 Å². The fourth-order valence-corrected chi connectivity index (χ4v) is 13.7. The van der Waals surface area contributed by atoms with Crippen LogP contribution in [0.25, 0.3) is 0 Å². The Bertz CT molecular complexity index is 2100. The Hall–Kier alpha value is -3.67. The van der Waals surface area contributed by atoms with Crippen LogP contribution in [0.5, 0.6) is 11.5 Å². The number of carbonyl (C=O) groups is 4. The van der Waals surface area contributed by atoms with Gasteiger partial charge in [0, 0.05) is 96.2 Å². The van der Waals surface area contributed by atoms with Gasteiger partial charge in [0.25, 0.3) is 0 Å². The second-order valence-electron chi connectivity index (χ2n) is 18.3. The Kier molecular flexibility index (Phi) is 12.3. The third-order valence-corrected chi connectivity index (χ3v) is 17.5. The first-order valence-electron chi connectivity index (χ1n) is 22.6. The lowest BCUT2D eigenvalue weighted by Gasteiger charge is -2.38. The molecule has 10 aliphatic rings. The van der Waals surface area contributed by atoms with Crippen molar-refractivity contribution in [2.45, 2.75) is 126 Å². The molecule has 8 fully saturated rings. The number of rotatable bonds is 8. The Morgan fingerprint density at radius 1 is 0.651 bits per heavy atom.